The van der Waals surface area contributed by atoms with E-state index in [1.807, 2.05) is 0 Å². The number of hydrogen-bond donors (Lipinski definition) is 0. The second-order valence-electron chi connectivity index (χ2n) is 20.4. The number of nitrogens with zero attached hydrogens (tertiary/aromatic N) is 4. The average Bonchev–Trinajstić information content (AvgIpc) is 4.45. The Hall–Kier alpha value is -9.94. The van der Waals surface area contributed by atoms with Gasteiger partial charge in [0.05, 0.1) is 44.1 Å². The Morgan fingerprint density at radius 3 is 0.896 bits per heavy atom. The summed E-state index contributed by atoms with van der Waals surface area (Å²) in [6.45, 7) is 0. The normalized spacial score (nSPS) is 12.2. The molecular weight excluding hydrogens is 949 g/mol. The summed E-state index contributed by atoms with van der Waals surface area (Å²) in [5.74, 6) is 0. The zero-order chi connectivity index (χ0) is 50.6. The average molecular weight is 997 g/mol. The van der Waals surface area contributed by atoms with Crippen molar-refractivity contribution in [2.75, 3.05) is 0 Å². The van der Waals surface area contributed by atoms with E-state index in [1.165, 1.54) is 108 Å². The van der Waals surface area contributed by atoms with E-state index in [-0.39, 0.29) is 0 Å². The maximum Gasteiger partial charge on any atom is 0.179 e. The lowest BCUT2D eigenvalue weighted by atomic mass is 10.1. The quantitative estimate of drug-likeness (QED) is 0.107. The first-order chi connectivity index (χ1) is 38.2. The van der Waals surface area contributed by atoms with Crippen LogP contribution in [-0.4, -0.2) is 26.3 Å². The minimum atomic E-state index is -2.78. The SMILES string of the molecule is c1ccc(-n2c3ccccc3c3cc4c5ccccc5n(-c5ccc6c(c5)c5ccccc5n6-c5ccc6c(c5)c5ccccc5n6-c5cccc([Si](c6ccccc6)(c6ccccc6)c6ccccc6)c5)c4cc32)cc1. The molecule has 0 amide bonds. The Morgan fingerprint density at radius 2 is 0.468 bits per heavy atom. The van der Waals surface area contributed by atoms with E-state index in [0.717, 1.165) is 22.7 Å². The molecule has 16 rings (SSSR count). The van der Waals surface area contributed by atoms with Gasteiger partial charge in [-0.15, -0.1) is 0 Å². The third-order valence-corrected chi connectivity index (χ3v) is 21.2. The van der Waals surface area contributed by atoms with E-state index >= 15 is 0 Å². The van der Waals surface area contributed by atoms with Gasteiger partial charge in [-0.3, -0.25) is 0 Å². The van der Waals surface area contributed by atoms with Crippen LogP contribution >= 0.6 is 0 Å². The van der Waals surface area contributed by atoms with Gasteiger partial charge in [-0.25, -0.2) is 0 Å². The molecule has 77 heavy (non-hydrogen) atoms. The first kappa shape index (κ1) is 43.5. The predicted molar refractivity (Wildman–Crippen MR) is 327 cm³/mol. The Balaban J connectivity index is 0.880. The van der Waals surface area contributed by atoms with Crippen molar-refractivity contribution in [1.29, 1.82) is 0 Å². The molecule has 0 radical (unpaired) electrons. The van der Waals surface area contributed by atoms with E-state index in [1.54, 1.807) is 0 Å². The van der Waals surface area contributed by atoms with Crippen molar-refractivity contribution in [3.63, 3.8) is 0 Å². The van der Waals surface area contributed by atoms with Gasteiger partial charge in [0.15, 0.2) is 8.07 Å². The van der Waals surface area contributed by atoms with E-state index in [9.17, 15) is 0 Å². The standard InChI is InChI=1S/C72H48N4Si/c1-5-22-49(23-6-1)73-65-36-17-15-34-59(65)63-47-64-60-35-16-20-39-68(60)76(72(64)48-71(63)73)52-41-43-70-62(46-52)58-33-14-19-38-67(58)75(70)51-40-42-69-61(45-51)57-32-13-18-37-66(57)74(69)50-24-21-31-56(44-50)77(53-25-7-2-8-26-53,54-27-9-3-10-28-54)55-29-11-4-12-30-55/h1-48H. The van der Waals surface area contributed by atoms with Gasteiger partial charge in [0.1, 0.15) is 0 Å². The molecule has 360 valence electrons. The Morgan fingerprint density at radius 1 is 0.169 bits per heavy atom. The molecule has 0 aliphatic rings. The van der Waals surface area contributed by atoms with Crippen LogP contribution in [-0.2, 0) is 0 Å². The predicted octanol–water partition coefficient (Wildman–Crippen LogP) is 15.5. The monoisotopic (exact) mass is 996 g/mol. The molecule has 4 nitrogen and oxygen atoms in total. The second-order valence-corrected chi connectivity index (χ2v) is 24.2. The fourth-order valence-electron chi connectivity index (χ4n) is 13.3. The molecule has 16 aromatic rings. The number of fused-ring (bicyclic) bond motifs is 12. The summed E-state index contributed by atoms with van der Waals surface area (Å²) < 4.78 is 9.85. The van der Waals surface area contributed by atoms with Crippen LogP contribution in [0.3, 0.4) is 0 Å². The van der Waals surface area contributed by atoms with E-state index in [0.29, 0.717) is 0 Å². The van der Waals surface area contributed by atoms with Crippen LogP contribution in [0.4, 0.5) is 0 Å². The molecule has 0 aliphatic heterocycles. The van der Waals surface area contributed by atoms with Gasteiger partial charge in [0.25, 0.3) is 0 Å². The molecule has 12 aromatic carbocycles. The van der Waals surface area contributed by atoms with Gasteiger partial charge in [0.2, 0.25) is 0 Å². The van der Waals surface area contributed by atoms with Crippen molar-refractivity contribution in [2.45, 2.75) is 0 Å². The van der Waals surface area contributed by atoms with Gasteiger partial charge in [-0.1, -0.05) is 194 Å². The summed E-state index contributed by atoms with van der Waals surface area (Å²) in [6.07, 6.45) is 0. The summed E-state index contributed by atoms with van der Waals surface area (Å²) in [5, 5.41) is 15.3. The van der Waals surface area contributed by atoms with Gasteiger partial charge < -0.3 is 18.3 Å². The molecule has 4 heterocycles. The van der Waals surface area contributed by atoms with Crippen LogP contribution in [0.5, 0.6) is 0 Å². The fourth-order valence-corrected chi connectivity index (χ4v) is 18.1. The Labute approximate surface area is 445 Å². The zero-order valence-electron chi connectivity index (χ0n) is 42.0. The van der Waals surface area contributed by atoms with Gasteiger partial charge in [0, 0.05) is 65.8 Å². The highest BCUT2D eigenvalue weighted by Crippen LogP contribution is 2.42. The van der Waals surface area contributed by atoms with Crippen LogP contribution in [0, 0.1) is 0 Å². The first-order valence-electron chi connectivity index (χ1n) is 26.6. The summed E-state index contributed by atoms with van der Waals surface area (Å²) in [6, 6.07) is 108. The van der Waals surface area contributed by atoms with Gasteiger partial charge in [-0.05, 0) is 118 Å². The summed E-state index contributed by atoms with van der Waals surface area (Å²) in [4.78, 5) is 0. The number of benzene rings is 12. The highest BCUT2D eigenvalue weighted by molar-refractivity contribution is 7.19. The molecule has 0 N–H and O–H groups in total. The van der Waals surface area contributed by atoms with Crippen molar-refractivity contribution in [1.82, 2.24) is 18.3 Å². The van der Waals surface area contributed by atoms with Crippen molar-refractivity contribution in [2.24, 2.45) is 0 Å². The molecular formula is C72H48N4Si. The van der Waals surface area contributed by atoms with Crippen molar-refractivity contribution >= 4 is 116 Å². The van der Waals surface area contributed by atoms with Crippen LogP contribution in [0.25, 0.3) is 110 Å². The molecule has 0 bridgehead atoms. The lowest BCUT2D eigenvalue weighted by Crippen LogP contribution is -2.74. The molecule has 0 fully saturated rings. The van der Waals surface area contributed by atoms with Crippen LogP contribution in [0.1, 0.15) is 0 Å². The van der Waals surface area contributed by atoms with Gasteiger partial charge in [-0.2, -0.15) is 0 Å². The summed E-state index contributed by atoms with van der Waals surface area (Å²) in [5.41, 5.74) is 14.0. The molecule has 0 spiro atoms. The maximum absolute atomic E-state index is 2.78. The number of para-hydroxylation sites is 5. The van der Waals surface area contributed by atoms with E-state index in [4.69, 9.17) is 0 Å². The van der Waals surface area contributed by atoms with E-state index in [2.05, 4.69) is 309 Å². The minimum Gasteiger partial charge on any atom is -0.309 e. The lowest BCUT2D eigenvalue weighted by Gasteiger charge is -2.34. The largest absolute Gasteiger partial charge is 0.309 e. The van der Waals surface area contributed by atoms with Crippen molar-refractivity contribution < 1.29 is 0 Å². The van der Waals surface area contributed by atoms with Crippen LogP contribution in [0.15, 0.2) is 291 Å². The third-order valence-electron chi connectivity index (χ3n) is 16.5. The number of rotatable bonds is 8. The molecule has 0 saturated carbocycles. The maximum atomic E-state index is 2.48. The fraction of sp³-hybridized carbons (Fsp3) is 0. The lowest BCUT2D eigenvalue weighted by molar-refractivity contribution is 1.16. The number of aromatic nitrogens is 4. The molecule has 5 heteroatoms. The first-order valence-corrected chi connectivity index (χ1v) is 28.6. The number of hydrogen-bond acceptors (Lipinski definition) is 0. The summed E-state index contributed by atoms with van der Waals surface area (Å²) >= 11 is 0. The summed E-state index contributed by atoms with van der Waals surface area (Å²) in [7, 11) is -2.78. The topological polar surface area (TPSA) is 19.7 Å². The Bertz CT molecular complexity index is 4870. The molecule has 0 saturated heterocycles. The third kappa shape index (κ3) is 6.38. The van der Waals surface area contributed by atoms with Crippen molar-refractivity contribution in [3.05, 3.63) is 291 Å². The van der Waals surface area contributed by atoms with Crippen molar-refractivity contribution in [3.8, 4) is 22.7 Å². The highest BCUT2D eigenvalue weighted by atomic mass is 28.3. The Kier molecular flexibility index (Phi) is 9.62. The molecule has 0 aliphatic carbocycles. The highest BCUT2D eigenvalue weighted by Gasteiger charge is 2.41. The second kappa shape index (κ2) is 17.0. The minimum absolute atomic E-state index is 1.13. The zero-order valence-corrected chi connectivity index (χ0v) is 43.0. The van der Waals surface area contributed by atoms with E-state index < -0.39 is 8.07 Å². The molecule has 0 unspecified atom stereocenters. The molecule has 4 aromatic heterocycles. The van der Waals surface area contributed by atoms with Gasteiger partial charge >= 0.3 is 0 Å². The van der Waals surface area contributed by atoms with Crippen LogP contribution < -0.4 is 20.7 Å². The smallest absolute Gasteiger partial charge is 0.179 e. The molecule has 0 atom stereocenters. The van der Waals surface area contributed by atoms with Crippen LogP contribution in [0.2, 0.25) is 0 Å².